The highest BCUT2D eigenvalue weighted by Crippen LogP contribution is 2.35. The van der Waals surface area contributed by atoms with E-state index in [1.54, 1.807) is 12.1 Å². The monoisotopic (exact) mass is 306 g/mol. The van der Waals surface area contributed by atoms with Crippen LogP contribution >= 0.6 is 11.6 Å². The fraction of sp³-hybridized carbons (Fsp3) is 0.250. The summed E-state index contributed by atoms with van der Waals surface area (Å²) in [4.78, 5) is 0. The first-order chi connectivity index (χ1) is 10.2. The molecule has 21 heavy (non-hydrogen) atoms. The lowest BCUT2D eigenvalue weighted by Gasteiger charge is -2.20. The van der Waals surface area contributed by atoms with Gasteiger partial charge in [-0.3, -0.25) is 11.3 Å². The predicted molar refractivity (Wildman–Crippen MR) is 80.8 cm³/mol. The highest BCUT2D eigenvalue weighted by atomic mass is 35.5. The van der Waals surface area contributed by atoms with Crippen LogP contribution in [0.3, 0.4) is 0 Å². The zero-order valence-electron chi connectivity index (χ0n) is 11.4. The van der Waals surface area contributed by atoms with Crippen molar-refractivity contribution in [1.82, 2.24) is 5.43 Å². The van der Waals surface area contributed by atoms with Crippen LogP contribution in [0, 0.1) is 5.82 Å². The van der Waals surface area contributed by atoms with E-state index in [4.69, 9.17) is 22.2 Å². The van der Waals surface area contributed by atoms with Gasteiger partial charge in [-0.1, -0.05) is 35.9 Å². The van der Waals surface area contributed by atoms with Gasteiger partial charge in [0.25, 0.3) is 0 Å². The first-order valence-corrected chi connectivity index (χ1v) is 7.22. The Hall–Kier alpha value is -1.62. The Morgan fingerprint density at radius 3 is 2.86 bits per heavy atom. The maximum absolute atomic E-state index is 14.0. The summed E-state index contributed by atoms with van der Waals surface area (Å²) >= 11 is 6.10. The van der Waals surface area contributed by atoms with Gasteiger partial charge < -0.3 is 4.74 Å². The first kappa shape index (κ1) is 14.3. The molecule has 0 aliphatic carbocycles. The fourth-order valence-corrected chi connectivity index (χ4v) is 2.95. The molecule has 2 aromatic carbocycles. The molecule has 2 aromatic rings. The van der Waals surface area contributed by atoms with E-state index in [1.807, 2.05) is 18.2 Å². The summed E-state index contributed by atoms with van der Waals surface area (Å²) in [5.41, 5.74) is 5.30. The zero-order chi connectivity index (χ0) is 14.8. The van der Waals surface area contributed by atoms with E-state index in [0.29, 0.717) is 23.6 Å². The molecule has 1 unspecified atom stereocenters. The van der Waals surface area contributed by atoms with Crippen LogP contribution in [0.1, 0.15) is 22.7 Å². The molecule has 3 N–H and O–H groups in total. The van der Waals surface area contributed by atoms with Crippen molar-refractivity contribution < 1.29 is 9.13 Å². The number of ether oxygens (including phenoxy) is 1. The summed E-state index contributed by atoms with van der Waals surface area (Å²) < 4.78 is 19.6. The third kappa shape index (κ3) is 2.75. The molecule has 0 spiro atoms. The molecule has 1 aliphatic heterocycles. The Labute approximate surface area is 127 Å². The van der Waals surface area contributed by atoms with Crippen molar-refractivity contribution in [2.75, 3.05) is 6.61 Å². The van der Waals surface area contributed by atoms with Crippen molar-refractivity contribution in [3.8, 4) is 5.75 Å². The van der Waals surface area contributed by atoms with Crippen molar-refractivity contribution in [2.45, 2.75) is 18.9 Å². The van der Waals surface area contributed by atoms with Crippen LogP contribution < -0.4 is 16.0 Å². The Balaban J connectivity index is 1.95. The molecular formula is C16H16ClFN2O. The summed E-state index contributed by atoms with van der Waals surface area (Å²) in [5, 5.41) is 0.406. The average molecular weight is 307 g/mol. The Bertz CT molecular complexity index is 642. The third-order valence-electron chi connectivity index (χ3n) is 3.79. The van der Waals surface area contributed by atoms with E-state index in [2.05, 4.69) is 5.43 Å². The maximum atomic E-state index is 14.0. The Kier molecular flexibility index (Phi) is 4.10. The van der Waals surface area contributed by atoms with Crippen LogP contribution in [0.25, 0.3) is 0 Å². The van der Waals surface area contributed by atoms with E-state index in [-0.39, 0.29) is 11.9 Å². The number of hydrazine groups is 1. The van der Waals surface area contributed by atoms with Crippen molar-refractivity contribution in [2.24, 2.45) is 5.84 Å². The summed E-state index contributed by atoms with van der Waals surface area (Å²) in [6, 6.07) is 10.4. The molecular weight excluding hydrogens is 291 g/mol. The molecule has 0 saturated heterocycles. The van der Waals surface area contributed by atoms with E-state index >= 15 is 0 Å². The lowest BCUT2D eigenvalue weighted by atomic mass is 9.96. The van der Waals surface area contributed by atoms with Gasteiger partial charge in [0.05, 0.1) is 12.6 Å². The number of halogens is 2. The minimum atomic E-state index is -0.323. The average Bonchev–Trinajstić information content (AvgIpc) is 2.96. The van der Waals surface area contributed by atoms with Crippen LogP contribution in [0.5, 0.6) is 5.75 Å². The summed E-state index contributed by atoms with van der Waals surface area (Å²) in [6.07, 6.45) is 1.25. The minimum Gasteiger partial charge on any atom is -0.493 e. The molecule has 0 radical (unpaired) electrons. The Morgan fingerprint density at radius 2 is 2.10 bits per heavy atom. The van der Waals surface area contributed by atoms with Crippen LogP contribution in [0.2, 0.25) is 5.02 Å². The lowest BCUT2D eigenvalue weighted by Crippen LogP contribution is -2.30. The second-order valence-corrected chi connectivity index (χ2v) is 5.46. The van der Waals surface area contributed by atoms with Crippen molar-refractivity contribution in [1.29, 1.82) is 0 Å². The second-order valence-electron chi connectivity index (χ2n) is 5.06. The normalized spacial score (nSPS) is 14.6. The van der Waals surface area contributed by atoms with Crippen LogP contribution in [-0.4, -0.2) is 6.61 Å². The second kappa shape index (κ2) is 6.02. The first-order valence-electron chi connectivity index (χ1n) is 6.84. The minimum absolute atomic E-state index is 0.257. The highest BCUT2D eigenvalue weighted by molar-refractivity contribution is 6.31. The summed E-state index contributed by atoms with van der Waals surface area (Å²) in [6.45, 7) is 0.671. The van der Waals surface area contributed by atoms with Crippen molar-refractivity contribution >= 4 is 11.6 Å². The van der Waals surface area contributed by atoms with E-state index in [9.17, 15) is 4.39 Å². The molecule has 0 amide bonds. The third-order valence-corrected chi connectivity index (χ3v) is 4.15. The van der Waals surface area contributed by atoms with Crippen LogP contribution in [0.4, 0.5) is 4.39 Å². The number of hydrogen-bond donors (Lipinski definition) is 2. The number of hydrogen-bond acceptors (Lipinski definition) is 3. The molecule has 1 atom stereocenters. The quantitative estimate of drug-likeness (QED) is 0.674. The van der Waals surface area contributed by atoms with Gasteiger partial charge in [0.15, 0.2) is 0 Å². The largest absolute Gasteiger partial charge is 0.493 e. The number of nitrogens with two attached hydrogens (primary N) is 1. The molecule has 1 aliphatic rings. The van der Waals surface area contributed by atoms with Gasteiger partial charge in [-0.25, -0.2) is 4.39 Å². The van der Waals surface area contributed by atoms with E-state index in [1.165, 1.54) is 6.07 Å². The molecule has 3 nitrogen and oxygen atoms in total. The van der Waals surface area contributed by atoms with Gasteiger partial charge >= 0.3 is 0 Å². The molecule has 110 valence electrons. The van der Waals surface area contributed by atoms with Crippen LogP contribution in [-0.2, 0) is 12.8 Å². The molecule has 0 saturated carbocycles. The van der Waals surface area contributed by atoms with Gasteiger partial charge in [0, 0.05) is 22.6 Å². The molecule has 1 heterocycles. The standard InChI is InChI=1S/C16H16ClFN2O/c17-13-5-2-6-14(18)12(13)9-15(20-19)11-4-1-3-10-7-8-21-16(10)11/h1-6,15,20H,7-9,19H2. The highest BCUT2D eigenvalue weighted by Gasteiger charge is 2.23. The fourth-order valence-electron chi connectivity index (χ4n) is 2.71. The van der Waals surface area contributed by atoms with Gasteiger partial charge in [-0.15, -0.1) is 0 Å². The SMILES string of the molecule is NNC(Cc1c(F)cccc1Cl)c1cccc2c1OCC2. The van der Waals surface area contributed by atoms with Gasteiger partial charge in [0.1, 0.15) is 11.6 Å². The Morgan fingerprint density at radius 1 is 1.29 bits per heavy atom. The van der Waals surface area contributed by atoms with Crippen molar-refractivity contribution in [3.63, 3.8) is 0 Å². The van der Waals surface area contributed by atoms with E-state index in [0.717, 1.165) is 23.3 Å². The number of para-hydroxylation sites is 1. The number of benzene rings is 2. The van der Waals surface area contributed by atoms with E-state index < -0.39 is 0 Å². The molecule has 3 rings (SSSR count). The zero-order valence-corrected chi connectivity index (χ0v) is 12.2. The molecule has 0 fully saturated rings. The molecule has 5 heteroatoms. The van der Waals surface area contributed by atoms with Gasteiger partial charge in [0.2, 0.25) is 0 Å². The molecule has 0 bridgehead atoms. The van der Waals surface area contributed by atoms with Gasteiger partial charge in [-0.2, -0.15) is 0 Å². The van der Waals surface area contributed by atoms with Crippen LogP contribution in [0.15, 0.2) is 36.4 Å². The smallest absolute Gasteiger partial charge is 0.127 e. The number of rotatable bonds is 4. The van der Waals surface area contributed by atoms with Gasteiger partial charge in [-0.05, 0) is 24.1 Å². The lowest BCUT2D eigenvalue weighted by molar-refractivity contribution is 0.348. The molecule has 0 aromatic heterocycles. The number of fused-ring (bicyclic) bond motifs is 1. The summed E-state index contributed by atoms with van der Waals surface area (Å²) in [5.74, 6) is 6.21. The maximum Gasteiger partial charge on any atom is 0.127 e. The predicted octanol–water partition coefficient (Wildman–Crippen LogP) is 3.16. The number of nitrogens with one attached hydrogen (secondary N) is 1. The topological polar surface area (TPSA) is 47.3 Å². The summed E-state index contributed by atoms with van der Waals surface area (Å²) in [7, 11) is 0. The van der Waals surface area contributed by atoms with Crippen molar-refractivity contribution in [3.05, 3.63) is 63.9 Å².